The third-order valence-electron chi connectivity index (χ3n) is 3.56. The monoisotopic (exact) mass is 495 g/mol. The number of likely N-dealkylation sites (N-methyl/N-ethyl adjacent to an activating group) is 1. The van der Waals surface area contributed by atoms with Gasteiger partial charge >= 0.3 is 0 Å². The Morgan fingerprint density at radius 2 is 1.21 bits per heavy atom. The van der Waals surface area contributed by atoms with Crippen molar-refractivity contribution in [1.29, 1.82) is 0 Å². The van der Waals surface area contributed by atoms with E-state index in [0.717, 1.165) is 32.7 Å². The fraction of sp³-hybridized carbons (Fsp3) is 0.950. The van der Waals surface area contributed by atoms with E-state index in [1.165, 1.54) is 0 Å². The molecule has 0 heterocycles. The zero-order valence-electron chi connectivity index (χ0n) is 19.7. The van der Waals surface area contributed by atoms with Gasteiger partial charge in [0.2, 0.25) is 5.91 Å². The van der Waals surface area contributed by atoms with Gasteiger partial charge in [-0.2, -0.15) is 7.05 Å². The van der Waals surface area contributed by atoms with Gasteiger partial charge in [-0.1, -0.05) is 20.3 Å². The van der Waals surface area contributed by atoms with Crippen molar-refractivity contribution in [2.24, 2.45) is 0 Å². The molecule has 173 valence electrons. The van der Waals surface area contributed by atoms with Gasteiger partial charge in [0.05, 0.1) is 59.3 Å². The maximum absolute atomic E-state index is 11.8. The Hall–Kier alpha value is 0.334. The van der Waals surface area contributed by atoms with E-state index in [4.69, 9.17) is 18.9 Å². The van der Waals surface area contributed by atoms with Crippen LogP contribution in [0.15, 0.2) is 0 Å². The third-order valence-corrected chi connectivity index (χ3v) is 3.56. The molecule has 0 spiro atoms. The van der Waals surface area contributed by atoms with Crippen molar-refractivity contribution in [3.8, 4) is 0 Å². The number of rotatable bonds is 19. The van der Waals surface area contributed by atoms with Gasteiger partial charge in [-0.15, -0.1) is 6.54 Å². The van der Waals surface area contributed by atoms with Crippen molar-refractivity contribution >= 4 is 5.91 Å². The Balaban J connectivity index is -0.00000218. The van der Waals surface area contributed by atoms with E-state index < -0.39 is 0 Å². The fourth-order valence-electron chi connectivity index (χ4n) is 1.95. The van der Waals surface area contributed by atoms with Crippen molar-refractivity contribution in [1.82, 2.24) is 9.80 Å². The second-order valence-corrected chi connectivity index (χ2v) is 6.21. The summed E-state index contributed by atoms with van der Waals surface area (Å²) in [5.41, 5.74) is 0. The first-order valence-electron chi connectivity index (χ1n) is 10.3. The SMILES string of the molecule is CC.C[N-]CCCN(C)C(=O)CCOCCOCCOCCOCCN(C)C.[Y]. The van der Waals surface area contributed by atoms with Crippen molar-refractivity contribution in [2.45, 2.75) is 26.7 Å². The first kappa shape index (κ1) is 34.0. The molecule has 0 rings (SSSR count). The van der Waals surface area contributed by atoms with E-state index in [1.54, 1.807) is 11.9 Å². The van der Waals surface area contributed by atoms with Crippen LogP contribution in [0.2, 0.25) is 0 Å². The molecule has 0 bridgehead atoms. The number of nitrogens with zero attached hydrogens (tertiary/aromatic N) is 3. The van der Waals surface area contributed by atoms with Crippen LogP contribution < -0.4 is 0 Å². The summed E-state index contributed by atoms with van der Waals surface area (Å²) in [6.07, 6.45) is 1.30. The quantitative estimate of drug-likeness (QED) is 0.255. The molecule has 0 aromatic heterocycles. The summed E-state index contributed by atoms with van der Waals surface area (Å²) in [6, 6.07) is 0. The normalized spacial score (nSPS) is 10.3. The van der Waals surface area contributed by atoms with Gasteiger partial charge < -0.3 is 34.1 Å². The topological polar surface area (TPSA) is 74.6 Å². The van der Waals surface area contributed by atoms with Crippen LogP contribution in [0.5, 0.6) is 0 Å². The van der Waals surface area contributed by atoms with Crippen LogP contribution in [-0.2, 0) is 56.5 Å². The molecule has 0 atom stereocenters. The largest absolute Gasteiger partial charge is 0.665 e. The standard InChI is InChI=1S/C18H38N3O5.C2H6.Y/c1-19-7-5-8-21(4)18(22)6-10-23-12-14-25-16-17-26-15-13-24-11-9-20(2)3;1-2;/h5-17H2,1-4H3;1-2H3;/q-1;;. The van der Waals surface area contributed by atoms with Crippen molar-refractivity contribution in [2.75, 3.05) is 101 Å². The average Bonchev–Trinajstić information content (AvgIpc) is 2.69. The molecule has 8 nitrogen and oxygen atoms in total. The van der Waals surface area contributed by atoms with Crippen molar-refractivity contribution in [3.05, 3.63) is 5.32 Å². The zero-order valence-corrected chi connectivity index (χ0v) is 22.5. The molecule has 0 saturated heterocycles. The molecule has 0 aliphatic rings. The van der Waals surface area contributed by atoms with E-state index in [0.29, 0.717) is 52.7 Å². The molecule has 0 aliphatic heterocycles. The van der Waals surface area contributed by atoms with Crippen LogP contribution in [0.1, 0.15) is 26.7 Å². The molecule has 0 aliphatic carbocycles. The molecule has 0 aromatic carbocycles. The van der Waals surface area contributed by atoms with Gasteiger partial charge in [0.15, 0.2) is 0 Å². The number of ether oxygens (including phenoxy) is 4. The van der Waals surface area contributed by atoms with E-state index >= 15 is 0 Å². The Morgan fingerprint density at radius 3 is 1.66 bits per heavy atom. The predicted molar refractivity (Wildman–Crippen MR) is 114 cm³/mol. The summed E-state index contributed by atoms with van der Waals surface area (Å²) in [5.74, 6) is 0.100. The number of carbonyl (C=O) groups excluding carboxylic acids is 1. The van der Waals surface area contributed by atoms with Crippen molar-refractivity contribution < 1.29 is 56.5 Å². The minimum Gasteiger partial charge on any atom is -0.665 e. The van der Waals surface area contributed by atoms with Crippen LogP contribution in [0.25, 0.3) is 5.32 Å². The summed E-state index contributed by atoms with van der Waals surface area (Å²) in [5, 5.41) is 4.02. The maximum Gasteiger partial charge on any atom is 0.224 e. The zero-order chi connectivity index (χ0) is 21.5. The van der Waals surface area contributed by atoms with Gasteiger partial charge in [0.25, 0.3) is 0 Å². The summed E-state index contributed by atoms with van der Waals surface area (Å²) in [6.45, 7) is 10.8. The van der Waals surface area contributed by atoms with Crippen LogP contribution >= 0.6 is 0 Å². The molecule has 1 radical (unpaired) electrons. The predicted octanol–water partition coefficient (Wildman–Crippen LogP) is 1.88. The third kappa shape index (κ3) is 28.3. The van der Waals surface area contributed by atoms with Crippen LogP contribution in [0.3, 0.4) is 0 Å². The molecule has 9 heteroatoms. The Kier molecular flexibility index (Phi) is 33.2. The Morgan fingerprint density at radius 1 is 0.759 bits per heavy atom. The van der Waals surface area contributed by atoms with E-state index in [9.17, 15) is 4.79 Å². The molecule has 0 N–H and O–H groups in total. The van der Waals surface area contributed by atoms with Gasteiger partial charge in [-0.05, 0) is 14.1 Å². The average molecular weight is 495 g/mol. The van der Waals surface area contributed by atoms with Gasteiger partial charge in [0.1, 0.15) is 0 Å². The molecule has 1 amide bonds. The summed E-state index contributed by atoms with van der Waals surface area (Å²) in [4.78, 5) is 15.6. The van der Waals surface area contributed by atoms with E-state index in [-0.39, 0.29) is 38.6 Å². The van der Waals surface area contributed by atoms with E-state index in [2.05, 4.69) is 10.2 Å². The maximum atomic E-state index is 11.8. The minimum absolute atomic E-state index is 0. The summed E-state index contributed by atoms with van der Waals surface area (Å²) >= 11 is 0. The molecule has 29 heavy (non-hydrogen) atoms. The van der Waals surface area contributed by atoms with Gasteiger partial charge in [-0.25, -0.2) is 0 Å². The number of carbonyl (C=O) groups is 1. The van der Waals surface area contributed by atoms with Crippen LogP contribution in [-0.4, -0.2) is 116 Å². The van der Waals surface area contributed by atoms with E-state index in [1.807, 2.05) is 35.0 Å². The molecule has 0 saturated carbocycles. The van der Waals surface area contributed by atoms with Crippen LogP contribution in [0.4, 0.5) is 0 Å². The van der Waals surface area contributed by atoms with Crippen LogP contribution in [0, 0.1) is 0 Å². The van der Waals surface area contributed by atoms with Gasteiger partial charge in [0, 0.05) is 52.8 Å². The van der Waals surface area contributed by atoms with Crippen molar-refractivity contribution in [3.63, 3.8) is 0 Å². The number of hydrogen-bond donors (Lipinski definition) is 0. The minimum atomic E-state index is 0. The molecular weight excluding hydrogens is 451 g/mol. The summed E-state index contributed by atoms with van der Waals surface area (Å²) < 4.78 is 21.6. The molecular formula is C20H44N3O5Y-. The molecule has 0 fully saturated rings. The molecule has 0 unspecified atom stereocenters. The smallest absolute Gasteiger partial charge is 0.224 e. The number of hydrogen-bond acceptors (Lipinski definition) is 6. The Labute approximate surface area is 204 Å². The Bertz CT molecular complexity index is 326. The van der Waals surface area contributed by atoms with Gasteiger partial charge in [-0.3, -0.25) is 4.79 Å². The first-order valence-corrected chi connectivity index (χ1v) is 10.3. The first-order chi connectivity index (χ1) is 13.6. The second-order valence-electron chi connectivity index (χ2n) is 6.21. The fourth-order valence-corrected chi connectivity index (χ4v) is 1.95. The number of amides is 1. The second kappa shape index (κ2) is 28.3. The summed E-state index contributed by atoms with van der Waals surface area (Å²) in [7, 11) is 7.63. The molecule has 0 aromatic rings.